The number of rotatable bonds is 5. The van der Waals surface area contributed by atoms with Gasteiger partial charge in [0.1, 0.15) is 6.04 Å². The van der Waals surface area contributed by atoms with E-state index >= 15 is 0 Å². The molecule has 0 saturated carbocycles. The van der Waals surface area contributed by atoms with Gasteiger partial charge < -0.3 is 10.4 Å². The number of benzene rings is 1. The number of carbonyl (C=O) groups is 2. The van der Waals surface area contributed by atoms with Gasteiger partial charge in [-0.1, -0.05) is 30.3 Å². The van der Waals surface area contributed by atoms with Gasteiger partial charge in [0.05, 0.1) is 17.9 Å². The molecule has 2 N–H and O–H groups in total. The van der Waals surface area contributed by atoms with Gasteiger partial charge in [-0.05, 0) is 5.56 Å². The molecule has 0 unspecified atom stereocenters. The second-order valence-electron chi connectivity index (χ2n) is 3.85. The summed E-state index contributed by atoms with van der Waals surface area (Å²) >= 11 is 0.899. The molecule has 0 spiro atoms. The van der Waals surface area contributed by atoms with Gasteiger partial charge in [0.25, 0.3) is 5.91 Å². The first kappa shape index (κ1) is 13.2. The highest BCUT2D eigenvalue weighted by Gasteiger charge is 2.22. The van der Waals surface area contributed by atoms with Gasteiger partial charge in [0.2, 0.25) is 0 Å². The normalized spacial score (nSPS) is 11.8. The van der Waals surface area contributed by atoms with Crippen molar-refractivity contribution in [1.29, 1.82) is 0 Å². The smallest absolute Gasteiger partial charge is 0.326 e. The van der Waals surface area contributed by atoms with Crippen molar-refractivity contribution >= 4 is 23.6 Å². The number of aliphatic carboxylic acids is 1. The number of nitrogens with zero attached hydrogens (tertiary/aromatic N) is 2. The monoisotopic (exact) mass is 277 g/mol. The van der Waals surface area contributed by atoms with E-state index in [1.165, 1.54) is 6.20 Å². The number of carboxylic acids is 1. The van der Waals surface area contributed by atoms with Crippen LogP contribution in [0.15, 0.2) is 36.5 Å². The summed E-state index contributed by atoms with van der Waals surface area (Å²) < 4.78 is 7.46. The van der Waals surface area contributed by atoms with Crippen molar-refractivity contribution in [3.63, 3.8) is 0 Å². The van der Waals surface area contributed by atoms with Crippen LogP contribution in [0.2, 0.25) is 0 Å². The summed E-state index contributed by atoms with van der Waals surface area (Å²) in [5.41, 5.74) is 0.968. The van der Waals surface area contributed by atoms with Crippen LogP contribution in [-0.2, 0) is 11.2 Å². The Hall–Kier alpha value is -2.28. The van der Waals surface area contributed by atoms with Crippen molar-refractivity contribution in [2.24, 2.45) is 0 Å². The van der Waals surface area contributed by atoms with Crippen LogP contribution in [0.4, 0.5) is 0 Å². The molecule has 1 amide bonds. The fourth-order valence-corrected chi connectivity index (χ4v) is 1.96. The quantitative estimate of drug-likeness (QED) is 0.849. The second-order valence-corrected chi connectivity index (χ2v) is 4.40. The van der Waals surface area contributed by atoms with E-state index < -0.39 is 17.9 Å². The lowest BCUT2D eigenvalue weighted by Crippen LogP contribution is -2.42. The maximum atomic E-state index is 11.7. The Morgan fingerprint density at radius 2 is 2.05 bits per heavy atom. The molecule has 1 heterocycles. The molecule has 0 aliphatic carbocycles. The zero-order valence-corrected chi connectivity index (χ0v) is 10.6. The molecule has 2 aromatic rings. The fourth-order valence-electron chi connectivity index (χ4n) is 1.55. The van der Waals surface area contributed by atoms with Gasteiger partial charge in [-0.25, -0.2) is 4.79 Å². The van der Waals surface area contributed by atoms with Crippen LogP contribution in [0.5, 0.6) is 0 Å². The minimum Gasteiger partial charge on any atom is -0.480 e. The third-order valence-corrected chi connectivity index (χ3v) is 2.96. The van der Waals surface area contributed by atoms with Gasteiger partial charge in [0, 0.05) is 6.42 Å². The van der Waals surface area contributed by atoms with Gasteiger partial charge >= 0.3 is 5.97 Å². The summed E-state index contributed by atoms with van der Waals surface area (Å²) in [4.78, 5) is 22.9. The summed E-state index contributed by atoms with van der Waals surface area (Å²) in [6, 6.07) is 8.12. The van der Waals surface area contributed by atoms with E-state index in [9.17, 15) is 9.59 Å². The zero-order chi connectivity index (χ0) is 13.7. The molecule has 0 aliphatic heterocycles. The zero-order valence-electron chi connectivity index (χ0n) is 9.81. The van der Waals surface area contributed by atoms with Crippen molar-refractivity contribution in [2.45, 2.75) is 12.5 Å². The van der Waals surface area contributed by atoms with Crippen molar-refractivity contribution in [3.05, 3.63) is 47.8 Å². The molecule has 0 bridgehead atoms. The molecule has 6 nitrogen and oxygen atoms in total. The minimum atomic E-state index is -1.08. The van der Waals surface area contributed by atoms with E-state index in [4.69, 9.17) is 5.11 Å². The molecule has 19 heavy (non-hydrogen) atoms. The highest BCUT2D eigenvalue weighted by atomic mass is 32.1. The molecule has 0 saturated heterocycles. The van der Waals surface area contributed by atoms with E-state index in [1.54, 1.807) is 0 Å². The summed E-state index contributed by atoms with van der Waals surface area (Å²) in [5, 5.41) is 11.6. The Balaban J connectivity index is 2.05. The fraction of sp³-hybridized carbons (Fsp3) is 0.167. The van der Waals surface area contributed by atoms with Crippen LogP contribution >= 0.6 is 11.7 Å². The number of hydrogen-bond acceptors (Lipinski definition) is 5. The SMILES string of the molecule is O=C(N[C@@H](Cc1ccccc1)C(=O)O)c1cnsn1. The minimum absolute atomic E-state index is 0.129. The third-order valence-electron chi connectivity index (χ3n) is 2.48. The maximum absolute atomic E-state index is 11.7. The van der Waals surface area contributed by atoms with Crippen LogP contribution in [-0.4, -0.2) is 31.8 Å². The van der Waals surface area contributed by atoms with Crippen LogP contribution in [0.25, 0.3) is 0 Å². The Kier molecular flexibility index (Phi) is 4.19. The van der Waals surface area contributed by atoms with E-state index in [1.807, 2.05) is 30.3 Å². The van der Waals surface area contributed by atoms with E-state index in [2.05, 4.69) is 14.1 Å². The largest absolute Gasteiger partial charge is 0.480 e. The van der Waals surface area contributed by atoms with Gasteiger partial charge in [-0.15, -0.1) is 0 Å². The molecule has 0 fully saturated rings. The third kappa shape index (κ3) is 3.59. The Labute approximate surface area is 113 Å². The standard InChI is InChI=1S/C12H11N3O3S/c16-11(10-7-13-19-15-10)14-9(12(17)18)6-8-4-2-1-3-5-8/h1-5,7,9H,6H2,(H,14,16)(H,17,18)/t9-/m0/s1. The number of nitrogens with one attached hydrogen (secondary N) is 1. The molecule has 1 aromatic heterocycles. The summed E-state index contributed by atoms with van der Waals surface area (Å²) in [6.07, 6.45) is 1.53. The first-order valence-corrected chi connectivity index (χ1v) is 6.25. The average Bonchev–Trinajstić information content (AvgIpc) is 2.93. The predicted molar refractivity (Wildman–Crippen MR) is 68.9 cm³/mol. The molecule has 1 aromatic carbocycles. The number of carboxylic acid groups (broad SMARTS) is 1. The topological polar surface area (TPSA) is 92.2 Å². The second kappa shape index (κ2) is 6.05. The maximum Gasteiger partial charge on any atom is 0.326 e. The lowest BCUT2D eigenvalue weighted by Gasteiger charge is -2.13. The van der Waals surface area contributed by atoms with Crippen LogP contribution in [0.3, 0.4) is 0 Å². The van der Waals surface area contributed by atoms with E-state index in [-0.39, 0.29) is 12.1 Å². The van der Waals surface area contributed by atoms with Crippen molar-refractivity contribution in [3.8, 4) is 0 Å². The van der Waals surface area contributed by atoms with E-state index in [0.29, 0.717) is 0 Å². The van der Waals surface area contributed by atoms with Crippen LogP contribution in [0, 0.1) is 0 Å². The molecular formula is C12H11N3O3S. The number of aromatic nitrogens is 2. The first-order chi connectivity index (χ1) is 9.16. The van der Waals surface area contributed by atoms with Crippen molar-refractivity contribution in [2.75, 3.05) is 0 Å². The molecule has 1 atom stereocenters. The first-order valence-electron chi connectivity index (χ1n) is 5.52. The lowest BCUT2D eigenvalue weighted by atomic mass is 10.1. The molecule has 2 rings (SSSR count). The summed E-state index contributed by atoms with van der Waals surface area (Å²) in [6.45, 7) is 0. The Morgan fingerprint density at radius 3 is 2.63 bits per heavy atom. The van der Waals surface area contributed by atoms with E-state index in [0.717, 1.165) is 17.3 Å². The van der Waals surface area contributed by atoms with Crippen LogP contribution < -0.4 is 5.32 Å². The summed E-state index contributed by atoms with van der Waals surface area (Å²) in [5.74, 6) is -1.61. The molecule has 98 valence electrons. The Morgan fingerprint density at radius 1 is 1.32 bits per heavy atom. The van der Waals surface area contributed by atoms with Crippen molar-refractivity contribution in [1.82, 2.24) is 14.1 Å². The Bertz CT molecular complexity index is 557. The van der Waals surface area contributed by atoms with Crippen LogP contribution in [0.1, 0.15) is 16.1 Å². The van der Waals surface area contributed by atoms with Gasteiger partial charge in [-0.3, -0.25) is 4.79 Å². The predicted octanol–water partition coefficient (Wildman–Crippen LogP) is 0.964. The highest BCUT2D eigenvalue weighted by Crippen LogP contribution is 2.05. The van der Waals surface area contributed by atoms with Gasteiger partial charge in [-0.2, -0.15) is 8.75 Å². The number of hydrogen-bond donors (Lipinski definition) is 2. The number of amides is 1. The summed E-state index contributed by atoms with van der Waals surface area (Å²) in [7, 11) is 0. The highest BCUT2D eigenvalue weighted by molar-refractivity contribution is 6.99. The lowest BCUT2D eigenvalue weighted by molar-refractivity contribution is -0.139. The molecule has 0 radical (unpaired) electrons. The molecular weight excluding hydrogens is 266 g/mol. The van der Waals surface area contributed by atoms with Crippen molar-refractivity contribution < 1.29 is 14.7 Å². The number of carbonyl (C=O) groups excluding carboxylic acids is 1. The van der Waals surface area contributed by atoms with Gasteiger partial charge in [0.15, 0.2) is 5.69 Å². The molecule has 7 heteroatoms. The average molecular weight is 277 g/mol. The molecule has 0 aliphatic rings.